The molecular formula is C17H27NOS. The standard InChI is InChI=1S/C17H27NOS/c1-17(2)10-8-14(9-11-17)18(3)12-4-6-15(19)16-7-5-13-20-16/h5,7,13-14H,4,6,8-12H2,1-3H3. The van der Waals surface area contributed by atoms with E-state index >= 15 is 0 Å². The quantitative estimate of drug-likeness (QED) is 0.714. The van der Waals surface area contributed by atoms with Gasteiger partial charge in [-0.15, -0.1) is 11.3 Å². The van der Waals surface area contributed by atoms with Gasteiger partial charge < -0.3 is 4.90 Å². The van der Waals surface area contributed by atoms with Crippen molar-refractivity contribution in [3.05, 3.63) is 22.4 Å². The molecule has 2 rings (SSSR count). The van der Waals surface area contributed by atoms with E-state index in [9.17, 15) is 4.79 Å². The maximum atomic E-state index is 11.9. The molecule has 1 aromatic rings. The first-order valence-corrected chi connectivity index (χ1v) is 8.63. The van der Waals surface area contributed by atoms with Crippen LogP contribution in [0.25, 0.3) is 0 Å². The topological polar surface area (TPSA) is 20.3 Å². The molecule has 0 unspecified atom stereocenters. The summed E-state index contributed by atoms with van der Waals surface area (Å²) in [5.41, 5.74) is 0.534. The van der Waals surface area contributed by atoms with Crippen LogP contribution in [-0.4, -0.2) is 30.3 Å². The Kier molecular flexibility index (Phi) is 5.39. The second-order valence-corrected chi connectivity index (χ2v) is 7.83. The number of Topliss-reactive ketones (excluding diaryl/α,β-unsaturated/α-hetero) is 1. The minimum absolute atomic E-state index is 0.304. The fourth-order valence-corrected chi connectivity index (χ4v) is 3.75. The maximum Gasteiger partial charge on any atom is 0.172 e. The van der Waals surface area contributed by atoms with Crippen molar-refractivity contribution in [2.45, 2.75) is 58.4 Å². The summed E-state index contributed by atoms with van der Waals surface area (Å²) in [6, 6.07) is 4.60. The Labute approximate surface area is 127 Å². The molecular weight excluding hydrogens is 266 g/mol. The highest BCUT2D eigenvalue weighted by atomic mass is 32.1. The van der Waals surface area contributed by atoms with Crippen LogP contribution in [0, 0.1) is 5.41 Å². The summed E-state index contributed by atoms with van der Waals surface area (Å²) in [6.07, 6.45) is 6.94. The highest BCUT2D eigenvalue weighted by Crippen LogP contribution is 2.36. The minimum Gasteiger partial charge on any atom is -0.303 e. The first-order chi connectivity index (χ1) is 9.48. The van der Waals surface area contributed by atoms with Crippen LogP contribution in [0.15, 0.2) is 17.5 Å². The molecule has 3 heteroatoms. The van der Waals surface area contributed by atoms with Crippen molar-refractivity contribution < 1.29 is 4.79 Å². The van der Waals surface area contributed by atoms with Gasteiger partial charge in [-0.05, 0) is 62.6 Å². The second-order valence-electron chi connectivity index (χ2n) is 6.88. The first kappa shape index (κ1) is 15.7. The lowest BCUT2D eigenvalue weighted by molar-refractivity contribution is 0.0965. The molecule has 1 aliphatic rings. The van der Waals surface area contributed by atoms with E-state index in [1.54, 1.807) is 11.3 Å². The Morgan fingerprint density at radius 3 is 2.70 bits per heavy atom. The van der Waals surface area contributed by atoms with Crippen LogP contribution in [0.3, 0.4) is 0 Å². The molecule has 0 amide bonds. The Bertz CT molecular complexity index is 414. The Morgan fingerprint density at radius 1 is 1.40 bits per heavy atom. The van der Waals surface area contributed by atoms with E-state index in [0.29, 0.717) is 17.6 Å². The molecule has 1 aromatic heterocycles. The van der Waals surface area contributed by atoms with Crippen LogP contribution in [0.5, 0.6) is 0 Å². The molecule has 0 atom stereocenters. The third-order valence-electron chi connectivity index (χ3n) is 4.64. The highest BCUT2D eigenvalue weighted by molar-refractivity contribution is 7.12. The van der Waals surface area contributed by atoms with Crippen LogP contribution < -0.4 is 0 Å². The molecule has 0 radical (unpaired) electrons. The van der Waals surface area contributed by atoms with Gasteiger partial charge in [0.25, 0.3) is 0 Å². The summed E-state index contributed by atoms with van der Waals surface area (Å²) in [6.45, 7) is 5.80. The van der Waals surface area contributed by atoms with E-state index in [1.165, 1.54) is 25.7 Å². The van der Waals surface area contributed by atoms with Crippen molar-refractivity contribution in [1.29, 1.82) is 0 Å². The Morgan fingerprint density at radius 2 is 2.10 bits per heavy atom. The summed E-state index contributed by atoms with van der Waals surface area (Å²) in [4.78, 5) is 15.3. The molecule has 1 heterocycles. The molecule has 1 aliphatic carbocycles. The predicted molar refractivity (Wildman–Crippen MR) is 86.6 cm³/mol. The van der Waals surface area contributed by atoms with E-state index in [0.717, 1.165) is 23.9 Å². The van der Waals surface area contributed by atoms with E-state index in [2.05, 4.69) is 25.8 Å². The van der Waals surface area contributed by atoms with Crippen molar-refractivity contribution in [2.75, 3.05) is 13.6 Å². The molecule has 0 bridgehead atoms. The molecule has 0 aromatic carbocycles. The molecule has 2 nitrogen and oxygen atoms in total. The van der Waals surface area contributed by atoms with E-state index in [-0.39, 0.29) is 0 Å². The zero-order valence-electron chi connectivity index (χ0n) is 13.0. The van der Waals surface area contributed by atoms with Gasteiger partial charge in [0.1, 0.15) is 0 Å². The zero-order chi connectivity index (χ0) is 14.6. The van der Waals surface area contributed by atoms with Crippen LogP contribution in [0.4, 0.5) is 0 Å². The van der Waals surface area contributed by atoms with Crippen molar-refractivity contribution in [1.82, 2.24) is 4.90 Å². The third kappa shape index (κ3) is 4.42. The largest absolute Gasteiger partial charge is 0.303 e. The fraction of sp³-hybridized carbons (Fsp3) is 0.706. The fourth-order valence-electron chi connectivity index (χ4n) is 3.06. The number of nitrogens with zero attached hydrogens (tertiary/aromatic N) is 1. The number of rotatable bonds is 6. The lowest BCUT2D eigenvalue weighted by Gasteiger charge is -2.38. The zero-order valence-corrected chi connectivity index (χ0v) is 13.8. The monoisotopic (exact) mass is 293 g/mol. The lowest BCUT2D eigenvalue weighted by atomic mass is 9.75. The van der Waals surface area contributed by atoms with Crippen molar-refractivity contribution in [3.63, 3.8) is 0 Å². The van der Waals surface area contributed by atoms with Crippen LogP contribution in [-0.2, 0) is 0 Å². The Balaban J connectivity index is 1.68. The molecule has 0 saturated heterocycles. The molecule has 0 aliphatic heterocycles. The molecule has 0 N–H and O–H groups in total. The van der Waals surface area contributed by atoms with Gasteiger partial charge >= 0.3 is 0 Å². The summed E-state index contributed by atoms with van der Waals surface area (Å²) in [5, 5.41) is 1.98. The summed E-state index contributed by atoms with van der Waals surface area (Å²) in [7, 11) is 2.22. The second kappa shape index (κ2) is 6.86. The van der Waals surface area contributed by atoms with Gasteiger partial charge in [0, 0.05) is 12.5 Å². The average Bonchev–Trinajstić information content (AvgIpc) is 2.92. The minimum atomic E-state index is 0.304. The van der Waals surface area contributed by atoms with Gasteiger partial charge in [-0.25, -0.2) is 0 Å². The van der Waals surface area contributed by atoms with E-state index in [1.807, 2.05) is 17.5 Å². The number of carbonyl (C=O) groups is 1. The SMILES string of the molecule is CN(CCCC(=O)c1cccs1)C1CCC(C)(C)CC1. The normalized spacial score (nSPS) is 19.4. The lowest BCUT2D eigenvalue weighted by Crippen LogP contribution is -2.37. The summed E-state index contributed by atoms with van der Waals surface area (Å²) in [5.74, 6) is 0.304. The van der Waals surface area contributed by atoms with Crippen molar-refractivity contribution >= 4 is 17.1 Å². The number of thiophene rings is 1. The molecule has 0 spiro atoms. The Hall–Kier alpha value is -0.670. The number of hydrogen-bond acceptors (Lipinski definition) is 3. The molecule has 1 fully saturated rings. The molecule has 20 heavy (non-hydrogen) atoms. The van der Waals surface area contributed by atoms with Crippen LogP contribution in [0.2, 0.25) is 0 Å². The van der Waals surface area contributed by atoms with Crippen LogP contribution >= 0.6 is 11.3 Å². The van der Waals surface area contributed by atoms with Crippen molar-refractivity contribution in [2.24, 2.45) is 5.41 Å². The van der Waals surface area contributed by atoms with Gasteiger partial charge in [0.05, 0.1) is 4.88 Å². The summed E-state index contributed by atoms with van der Waals surface area (Å²) >= 11 is 1.55. The highest BCUT2D eigenvalue weighted by Gasteiger charge is 2.28. The van der Waals surface area contributed by atoms with E-state index < -0.39 is 0 Å². The van der Waals surface area contributed by atoms with Gasteiger partial charge in [-0.1, -0.05) is 19.9 Å². The van der Waals surface area contributed by atoms with Crippen LogP contribution in [0.1, 0.15) is 62.0 Å². The summed E-state index contributed by atoms with van der Waals surface area (Å²) < 4.78 is 0. The van der Waals surface area contributed by atoms with Gasteiger partial charge in [-0.2, -0.15) is 0 Å². The maximum absolute atomic E-state index is 11.9. The number of ketones is 1. The van der Waals surface area contributed by atoms with Gasteiger partial charge in [0.15, 0.2) is 5.78 Å². The van der Waals surface area contributed by atoms with Crippen molar-refractivity contribution in [3.8, 4) is 0 Å². The predicted octanol–water partition coefficient (Wildman–Crippen LogP) is 4.61. The third-order valence-corrected chi connectivity index (χ3v) is 5.55. The van der Waals surface area contributed by atoms with E-state index in [4.69, 9.17) is 0 Å². The molecule has 112 valence electrons. The smallest absolute Gasteiger partial charge is 0.172 e. The first-order valence-electron chi connectivity index (χ1n) is 7.75. The average molecular weight is 293 g/mol. The molecule has 1 saturated carbocycles. The van der Waals surface area contributed by atoms with Gasteiger partial charge in [-0.3, -0.25) is 4.79 Å². The van der Waals surface area contributed by atoms with Gasteiger partial charge in [0.2, 0.25) is 0 Å². The number of carbonyl (C=O) groups excluding carboxylic acids is 1. The number of hydrogen-bond donors (Lipinski definition) is 0.